The fourth-order valence-electron chi connectivity index (χ4n) is 4.39. The Morgan fingerprint density at radius 1 is 1.07 bits per heavy atom. The third-order valence-corrected chi connectivity index (χ3v) is 5.77. The highest BCUT2D eigenvalue weighted by atomic mass is 19.4. The lowest BCUT2D eigenvalue weighted by Gasteiger charge is -2.42. The van der Waals surface area contributed by atoms with Gasteiger partial charge in [0.15, 0.2) is 0 Å². The molecule has 146 valence electrons. The van der Waals surface area contributed by atoms with Crippen molar-refractivity contribution in [2.45, 2.75) is 19.0 Å². The molecule has 1 saturated heterocycles. The van der Waals surface area contributed by atoms with Gasteiger partial charge in [0.2, 0.25) is 5.91 Å². The number of nitrogens with zero attached hydrogens (tertiary/aromatic N) is 2. The minimum atomic E-state index is -4.35. The molecule has 0 saturated carbocycles. The maximum atomic E-state index is 12.9. The first-order valence-corrected chi connectivity index (χ1v) is 9.25. The number of benzene rings is 2. The average molecular weight is 386 g/mol. The van der Waals surface area contributed by atoms with E-state index in [1.165, 1.54) is 18.2 Å². The molecule has 6 heteroatoms. The van der Waals surface area contributed by atoms with Crippen molar-refractivity contribution in [3.05, 3.63) is 72.3 Å². The molecule has 2 aromatic rings. The van der Waals surface area contributed by atoms with Gasteiger partial charge in [-0.15, -0.1) is 0 Å². The van der Waals surface area contributed by atoms with Crippen LogP contribution >= 0.6 is 0 Å². The molecular formula is C22H21F3N2O. The van der Waals surface area contributed by atoms with Crippen LogP contribution in [0.2, 0.25) is 0 Å². The largest absolute Gasteiger partial charge is 0.416 e. The molecule has 2 aliphatic heterocycles. The molecule has 0 aromatic heterocycles. The van der Waals surface area contributed by atoms with E-state index in [0.29, 0.717) is 19.6 Å². The molecule has 2 aliphatic rings. The van der Waals surface area contributed by atoms with Gasteiger partial charge in [0.25, 0.3) is 0 Å². The van der Waals surface area contributed by atoms with E-state index in [2.05, 4.69) is 17.5 Å². The molecule has 1 spiro atoms. The van der Waals surface area contributed by atoms with Gasteiger partial charge in [-0.25, -0.2) is 0 Å². The van der Waals surface area contributed by atoms with E-state index in [1.54, 1.807) is 0 Å². The van der Waals surface area contributed by atoms with Crippen molar-refractivity contribution in [2.75, 3.05) is 24.5 Å². The first kappa shape index (κ1) is 18.6. The number of amides is 1. The fraction of sp³-hybridized carbons (Fsp3) is 0.318. The molecule has 0 aliphatic carbocycles. The fourth-order valence-corrected chi connectivity index (χ4v) is 4.39. The van der Waals surface area contributed by atoms with Crippen molar-refractivity contribution >= 4 is 17.3 Å². The highest BCUT2D eigenvalue weighted by Gasteiger charge is 2.44. The zero-order valence-corrected chi connectivity index (χ0v) is 15.4. The summed E-state index contributed by atoms with van der Waals surface area (Å²) in [6.07, 6.45) is -1.31. The first-order chi connectivity index (χ1) is 13.3. The quantitative estimate of drug-likeness (QED) is 0.692. The summed E-state index contributed by atoms with van der Waals surface area (Å²) < 4.78 is 38.8. The molecule has 0 radical (unpaired) electrons. The van der Waals surface area contributed by atoms with Gasteiger partial charge >= 0.3 is 6.18 Å². The summed E-state index contributed by atoms with van der Waals surface area (Å²) in [7, 11) is 0. The summed E-state index contributed by atoms with van der Waals surface area (Å²) in [6, 6.07) is 13.3. The number of hydrogen-bond acceptors (Lipinski definition) is 2. The van der Waals surface area contributed by atoms with Crippen LogP contribution < -0.4 is 4.90 Å². The van der Waals surface area contributed by atoms with Crippen molar-refractivity contribution in [3.8, 4) is 0 Å². The Balaban J connectivity index is 1.69. The minimum absolute atomic E-state index is 0.0724. The topological polar surface area (TPSA) is 23.6 Å². The number of fused-ring (bicyclic) bond motifs is 1. The van der Waals surface area contributed by atoms with Gasteiger partial charge in [-0.3, -0.25) is 4.79 Å². The molecule has 4 rings (SSSR count). The summed E-state index contributed by atoms with van der Waals surface area (Å²) in [5, 5.41) is 0. The van der Waals surface area contributed by atoms with Gasteiger partial charge in [-0.1, -0.05) is 24.8 Å². The Hall–Kier alpha value is -2.76. The van der Waals surface area contributed by atoms with Crippen LogP contribution in [0.15, 0.2) is 61.2 Å². The number of anilines is 2. The van der Waals surface area contributed by atoms with Gasteiger partial charge in [-0.05, 0) is 54.8 Å². The summed E-state index contributed by atoms with van der Waals surface area (Å²) in [5.74, 6) is -0.0724. The highest BCUT2D eigenvalue weighted by molar-refractivity contribution is 5.87. The Labute approximate surface area is 162 Å². The minimum Gasteiger partial charge on any atom is -0.341 e. The number of hydrogen-bond donors (Lipinski definition) is 0. The first-order valence-electron chi connectivity index (χ1n) is 9.25. The van der Waals surface area contributed by atoms with Gasteiger partial charge in [0.05, 0.1) is 5.56 Å². The molecule has 28 heavy (non-hydrogen) atoms. The van der Waals surface area contributed by atoms with E-state index in [9.17, 15) is 18.0 Å². The molecule has 0 unspecified atom stereocenters. The van der Waals surface area contributed by atoms with Crippen LogP contribution in [0, 0.1) is 5.41 Å². The SMILES string of the molecule is C=CC(=O)N1CC[C@]2(Cc3ccccc3N(c3ccc(C(F)(F)F)cc3)C2)C1. The molecular weight excluding hydrogens is 365 g/mol. The van der Waals surface area contributed by atoms with Crippen molar-refractivity contribution < 1.29 is 18.0 Å². The molecule has 1 fully saturated rings. The number of likely N-dealkylation sites (tertiary alicyclic amines) is 1. The Bertz CT molecular complexity index is 907. The summed E-state index contributed by atoms with van der Waals surface area (Å²) in [5.41, 5.74) is 2.13. The van der Waals surface area contributed by atoms with E-state index in [4.69, 9.17) is 0 Å². The number of carbonyl (C=O) groups excluding carboxylic acids is 1. The number of carbonyl (C=O) groups is 1. The molecule has 0 bridgehead atoms. The lowest BCUT2D eigenvalue weighted by Crippen LogP contribution is -2.44. The van der Waals surface area contributed by atoms with Crippen LogP contribution in [-0.4, -0.2) is 30.4 Å². The van der Waals surface area contributed by atoms with Crippen molar-refractivity contribution in [1.82, 2.24) is 4.90 Å². The van der Waals surface area contributed by atoms with Crippen LogP contribution in [0.4, 0.5) is 24.5 Å². The van der Waals surface area contributed by atoms with Crippen molar-refractivity contribution in [1.29, 1.82) is 0 Å². The third-order valence-electron chi connectivity index (χ3n) is 5.77. The lowest BCUT2D eigenvalue weighted by atomic mass is 9.76. The third kappa shape index (κ3) is 3.28. The monoisotopic (exact) mass is 386 g/mol. The second-order valence-electron chi connectivity index (χ2n) is 7.65. The average Bonchev–Trinajstić information content (AvgIpc) is 3.09. The van der Waals surface area contributed by atoms with Crippen LogP contribution in [0.5, 0.6) is 0 Å². The molecule has 3 nitrogen and oxygen atoms in total. The standard InChI is InChI=1S/C22H21F3N2O/c1-2-20(28)26-12-11-21(14-26)13-16-5-3-4-6-19(16)27(15-21)18-9-7-17(8-10-18)22(23,24)25/h2-10H,1,11-15H2/t21-/m0/s1. The number of alkyl halides is 3. The van der Waals surface area contributed by atoms with Crippen molar-refractivity contribution in [2.24, 2.45) is 5.41 Å². The molecule has 2 heterocycles. The summed E-state index contributed by atoms with van der Waals surface area (Å²) >= 11 is 0. The van der Waals surface area contributed by atoms with Gasteiger partial charge in [0.1, 0.15) is 0 Å². The van der Waals surface area contributed by atoms with E-state index in [0.717, 1.165) is 41.9 Å². The van der Waals surface area contributed by atoms with E-state index in [1.807, 2.05) is 23.1 Å². The normalized spacial score (nSPS) is 21.7. The smallest absolute Gasteiger partial charge is 0.341 e. The number of rotatable bonds is 2. The highest BCUT2D eigenvalue weighted by Crippen LogP contribution is 2.45. The predicted octanol–water partition coefficient (Wildman–Crippen LogP) is 4.80. The predicted molar refractivity (Wildman–Crippen MR) is 102 cm³/mol. The van der Waals surface area contributed by atoms with Crippen molar-refractivity contribution in [3.63, 3.8) is 0 Å². The maximum absolute atomic E-state index is 12.9. The maximum Gasteiger partial charge on any atom is 0.416 e. The summed E-state index contributed by atoms with van der Waals surface area (Å²) in [6.45, 7) is 5.54. The van der Waals surface area contributed by atoms with Crippen LogP contribution in [0.25, 0.3) is 0 Å². The Morgan fingerprint density at radius 2 is 1.79 bits per heavy atom. The Kier molecular flexibility index (Phi) is 4.44. The lowest BCUT2D eigenvalue weighted by molar-refractivity contribution is -0.137. The van der Waals surface area contributed by atoms with Gasteiger partial charge < -0.3 is 9.80 Å². The second-order valence-corrected chi connectivity index (χ2v) is 7.65. The number of halogens is 3. The molecule has 1 atom stereocenters. The van der Waals surface area contributed by atoms with Gasteiger partial charge in [-0.2, -0.15) is 13.2 Å². The zero-order chi connectivity index (χ0) is 19.9. The summed E-state index contributed by atoms with van der Waals surface area (Å²) in [4.78, 5) is 16.0. The van der Waals surface area contributed by atoms with E-state index in [-0.39, 0.29) is 11.3 Å². The van der Waals surface area contributed by atoms with Crippen LogP contribution in [-0.2, 0) is 17.4 Å². The number of para-hydroxylation sites is 1. The Morgan fingerprint density at radius 3 is 2.46 bits per heavy atom. The van der Waals surface area contributed by atoms with E-state index < -0.39 is 11.7 Å². The van der Waals surface area contributed by atoms with Gasteiger partial charge in [0, 0.05) is 36.4 Å². The zero-order valence-electron chi connectivity index (χ0n) is 15.4. The second kappa shape index (κ2) is 6.69. The molecule has 1 amide bonds. The van der Waals surface area contributed by atoms with Crippen LogP contribution in [0.3, 0.4) is 0 Å². The molecule has 2 aromatic carbocycles. The van der Waals surface area contributed by atoms with Crippen LogP contribution in [0.1, 0.15) is 17.5 Å². The molecule has 0 N–H and O–H groups in total. The van der Waals surface area contributed by atoms with E-state index >= 15 is 0 Å².